The summed E-state index contributed by atoms with van der Waals surface area (Å²) in [5, 5.41) is 11.8. The quantitative estimate of drug-likeness (QED) is 0.598. The SMILES string of the molecule is C[C@]12CCC(=O)C=C1CC[C@@H]1[C@H]2C(=O)C[C@@]2(C)[C@@H]1CC[C@]2(O)C(=O)CSC(=S)N1CCCC1. The second-order valence-electron chi connectivity index (χ2n) is 11.5. The lowest BCUT2D eigenvalue weighted by atomic mass is 9.46. The molecule has 33 heavy (non-hydrogen) atoms. The summed E-state index contributed by atoms with van der Waals surface area (Å²) in [4.78, 5) is 41.3. The molecule has 0 radical (unpaired) electrons. The lowest BCUT2D eigenvalue weighted by Gasteiger charge is -2.57. The molecule has 0 bridgehead atoms. The van der Waals surface area contributed by atoms with Gasteiger partial charge in [-0.25, -0.2) is 0 Å². The van der Waals surface area contributed by atoms with E-state index in [0.29, 0.717) is 12.8 Å². The number of nitrogens with zero attached hydrogens (tertiary/aromatic N) is 1. The summed E-state index contributed by atoms with van der Waals surface area (Å²) in [6.45, 7) is 6.05. The standard InChI is InChI=1S/C26H35NO4S2/c1-24-9-7-17(28)13-16(24)5-6-18-19-8-10-26(31,25(19,2)14-20(29)22(18)24)21(30)15-33-23(32)27-11-3-4-12-27/h13,18-19,22,31H,3-12,14-15H2,1-2H3/t18-,19+,22-,24-,25-,26-/m0/s1. The molecule has 0 aromatic rings. The fourth-order valence-corrected chi connectivity index (χ4v) is 9.30. The predicted octanol–water partition coefficient (Wildman–Crippen LogP) is 4.11. The fraction of sp³-hybridized carbons (Fsp3) is 0.769. The van der Waals surface area contributed by atoms with Gasteiger partial charge in [0, 0.05) is 37.3 Å². The third kappa shape index (κ3) is 3.51. The number of aliphatic hydroxyl groups is 1. The maximum absolute atomic E-state index is 13.7. The number of carbonyl (C=O) groups is 3. The van der Waals surface area contributed by atoms with Crippen molar-refractivity contribution < 1.29 is 19.5 Å². The van der Waals surface area contributed by atoms with E-state index >= 15 is 0 Å². The average molecular weight is 490 g/mol. The van der Waals surface area contributed by atoms with Gasteiger partial charge in [-0.15, -0.1) is 0 Å². The Hall–Kier alpha value is -1.05. The molecule has 4 fully saturated rings. The van der Waals surface area contributed by atoms with Gasteiger partial charge in [-0.2, -0.15) is 0 Å². The minimum atomic E-state index is -1.47. The van der Waals surface area contributed by atoms with Crippen molar-refractivity contribution in [1.29, 1.82) is 0 Å². The van der Waals surface area contributed by atoms with Crippen molar-refractivity contribution in [2.45, 2.75) is 77.2 Å². The monoisotopic (exact) mass is 489 g/mol. The van der Waals surface area contributed by atoms with E-state index in [9.17, 15) is 19.5 Å². The summed E-state index contributed by atoms with van der Waals surface area (Å²) in [6.07, 6.45) is 8.48. The van der Waals surface area contributed by atoms with Crippen LogP contribution in [0.2, 0.25) is 0 Å². The third-order valence-corrected chi connectivity index (χ3v) is 11.5. The Kier molecular flexibility index (Phi) is 5.93. The number of carbonyl (C=O) groups excluding carboxylic acids is 3. The average Bonchev–Trinajstić information content (AvgIpc) is 3.39. The van der Waals surface area contributed by atoms with Gasteiger partial charge in [0.15, 0.2) is 11.6 Å². The van der Waals surface area contributed by atoms with Gasteiger partial charge in [0.25, 0.3) is 0 Å². The van der Waals surface area contributed by atoms with E-state index in [2.05, 4.69) is 11.8 Å². The predicted molar refractivity (Wildman–Crippen MR) is 133 cm³/mol. The normalized spacial score (nSPS) is 42.5. The van der Waals surface area contributed by atoms with Crippen LogP contribution in [0.15, 0.2) is 11.6 Å². The fourth-order valence-electron chi connectivity index (χ4n) is 8.08. The summed E-state index contributed by atoms with van der Waals surface area (Å²) < 4.78 is 0.746. The first-order valence-electron chi connectivity index (χ1n) is 12.5. The second-order valence-corrected chi connectivity index (χ2v) is 13.1. The zero-order valence-electron chi connectivity index (χ0n) is 19.7. The zero-order chi connectivity index (χ0) is 23.6. The highest BCUT2D eigenvalue weighted by molar-refractivity contribution is 8.23. The molecule has 7 heteroatoms. The van der Waals surface area contributed by atoms with Crippen LogP contribution in [0, 0.1) is 28.6 Å². The number of thiocarbonyl (C=S) groups is 1. The second kappa shape index (κ2) is 8.27. The van der Waals surface area contributed by atoms with Crippen molar-refractivity contribution in [3.05, 3.63) is 11.6 Å². The molecule has 4 aliphatic carbocycles. The van der Waals surface area contributed by atoms with Gasteiger partial charge in [0.1, 0.15) is 15.7 Å². The zero-order valence-corrected chi connectivity index (χ0v) is 21.4. The number of Topliss-reactive ketones (excluding diaryl/α,β-unsaturated/α-hetero) is 2. The molecule has 5 rings (SSSR count). The Balaban J connectivity index is 1.36. The number of hydrogen-bond donors (Lipinski definition) is 1. The van der Waals surface area contributed by atoms with Gasteiger partial charge < -0.3 is 10.0 Å². The molecule has 1 aliphatic heterocycles. The first kappa shape index (κ1) is 23.7. The molecular weight excluding hydrogens is 454 g/mol. The molecule has 6 atom stereocenters. The molecule has 1 saturated heterocycles. The van der Waals surface area contributed by atoms with Gasteiger partial charge in [-0.3, -0.25) is 14.4 Å². The van der Waals surface area contributed by atoms with E-state index in [4.69, 9.17) is 12.2 Å². The summed E-state index contributed by atoms with van der Waals surface area (Å²) in [6, 6.07) is 0. The number of fused-ring (bicyclic) bond motifs is 5. The minimum Gasteiger partial charge on any atom is -0.381 e. The molecule has 5 nitrogen and oxygen atoms in total. The van der Waals surface area contributed by atoms with E-state index in [1.165, 1.54) is 11.8 Å². The molecule has 1 heterocycles. The van der Waals surface area contributed by atoms with Crippen LogP contribution in [0.4, 0.5) is 0 Å². The van der Waals surface area contributed by atoms with E-state index < -0.39 is 11.0 Å². The van der Waals surface area contributed by atoms with Gasteiger partial charge in [0.2, 0.25) is 0 Å². The van der Waals surface area contributed by atoms with E-state index in [1.807, 2.05) is 6.92 Å². The van der Waals surface area contributed by atoms with E-state index in [1.54, 1.807) is 6.08 Å². The lowest BCUT2D eigenvalue weighted by Crippen LogP contribution is -2.60. The van der Waals surface area contributed by atoms with Crippen molar-refractivity contribution in [2.24, 2.45) is 28.6 Å². The summed E-state index contributed by atoms with van der Waals surface area (Å²) >= 11 is 6.89. The number of thioether (sulfide) groups is 1. The van der Waals surface area contributed by atoms with Crippen molar-refractivity contribution in [2.75, 3.05) is 18.8 Å². The molecule has 0 unspecified atom stereocenters. The van der Waals surface area contributed by atoms with Gasteiger partial charge in [0.05, 0.1) is 5.75 Å². The first-order chi connectivity index (χ1) is 15.6. The smallest absolute Gasteiger partial charge is 0.175 e. The number of hydrogen-bond acceptors (Lipinski definition) is 6. The van der Waals surface area contributed by atoms with Crippen LogP contribution in [-0.2, 0) is 14.4 Å². The molecule has 0 aromatic carbocycles. The molecule has 0 amide bonds. The summed E-state index contributed by atoms with van der Waals surface area (Å²) in [7, 11) is 0. The number of allylic oxidation sites excluding steroid dienone is 1. The lowest BCUT2D eigenvalue weighted by molar-refractivity contribution is -0.167. The third-order valence-electron chi connectivity index (χ3n) is 9.96. The molecule has 0 spiro atoms. The maximum atomic E-state index is 13.7. The van der Waals surface area contributed by atoms with Crippen molar-refractivity contribution in [1.82, 2.24) is 4.90 Å². The molecule has 180 valence electrons. The Morgan fingerprint density at radius 1 is 1.18 bits per heavy atom. The molecule has 5 aliphatic rings. The summed E-state index contributed by atoms with van der Waals surface area (Å²) in [5.41, 5.74) is -1.29. The highest BCUT2D eigenvalue weighted by Gasteiger charge is 2.68. The van der Waals surface area contributed by atoms with Crippen LogP contribution in [0.5, 0.6) is 0 Å². The Bertz CT molecular complexity index is 941. The van der Waals surface area contributed by atoms with Crippen LogP contribution in [0.3, 0.4) is 0 Å². The largest absolute Gasteiger partial charge is 0.381 e. The summed E-state index contributed by atoms with van der Waals surface area (Å²) in [5.74, 6) is 0.582. The van der Waals surface area contributed by atoms with Crippen molar-refractivity contribution in [3.8, 4) is 0 Å². The van der Waals surface area contributed by atoms with Crippen LogP contribution in [-0.4, -0.2) is 56.1 Å². The maximum Gasteiger partial charge on any atom is 0.175 e. The first-order valence-corrected chi connectivity index (χ1v) is 13.9. The molecule has 3 saturated carbocycles. The molecule has 1 N–H and O–H groups in total. The Morgan fingerprint density at radius 2 is 1.91 bits per heavy atom. The van der Waals surface area contributed by atoms with E-state index in [0.717, 1.165) is 61.5 Å². The van der Waals surface area contributed by atoms with Gasteiger partial charge in [-0.1, -0.05) is 43.4 Å². The number of rotatable bonds is 3. The van der Waals surface area contributed by atoms with Gasteiger partial charge >= 0.3 is 0 Å². The number of ketones is 3. The minimum absolute atomic E-state index is 0.0988. The molecular formula is C26H35NO4S2. The highest BCUT2D eigenvalue weighted by atomic mass is 32.2. The van der Waals surface area contributed by atoms with Crippen LogP contribution >= 0.6 is 24.0 Å². The van der Waals surface area contributed by atoms with Crippen LogP contribution < -0.4 is 0 Å². The van der Waals surface area contributed by atoms with Crippen LogP contribution in [0.1, 0.15) is 71.6 Å². The van der Waals surface area contributed by atoms with Crippen molar-refractivity contribution in [3.63, 3.8) is 0 Å². The molecule has 0 aromatic heterocycles. The Morgan fingerprint density at radius 3 is 2.64 bits per heavy atom. The van der Waals surface area contributed by atoms with Crippen molar-refractivity contribution >= 4 is 45.7 Å². The van der Waals surface area contributed by atoms with Crippen LogP contribution in [0.25, 0.3) is 0 Å². The topological polar surface area (TPSA) is 74.7 Å². The number of likely N-dealkylation sites (tertiary alicyclic amines) is 1. The Labute approximate surface area is 206 Å². The van der Waals surface area contributed by atoms with Gasteiger partial charge in [-0.05, 0) is 68.3 Å². The highest BCUT2D eigenvalue weighted by Crippen LogP contribution is 2.66. The van der Waals surface area contributed by atoms with E-state index in [-0.39, 0.29) is 52.7 Å².